The zero-order chi connectivity index (χ0) is 21.4. The summed E-state index contributed by atoms with van der Waals surface area (Å²) >= 11 is 0. The van der Waals surface area contributed by atoms with Crippen LogP contribution < -0.4 is 0 Å². The number of rotatable bonds is 5. The minimum atomic E-state index is -1.19. The minimum Gasteiger partial charge on any atom is -0.480 e. The Morgan fingerprint density at radius 1 is 0.385 bits per heavy atom. The summed E-state index contributed by atoms with van der Waals surface area (Å²) in [6.07, 6.45) is 0. The Morgan fingerprint density at radius 3 is 0.423 bits per heavy atom. The smallest absolute Gasteiger partial charge is 0.329 e. The van der Waals surface area contributed by atoms with Crippen LogP contribution in [-0.4, -0.2) is 114 Å². The van der Waals surface area contributed by atoms with Gasteiger partial charge in [-0.1, -0.05) is 0 Å². The third kappa shape index (κ3) is 153. The number of aliphatic carboxylic acids is 5. The molecular weight excluding hydrogens is 453 g/mol. The fraction of sp³-hybridized carbons (Fsp3) is 0.500. The van der Waals surface area contributed by atoms with Crippen molar-refractivity contribution in [2.24, 2.45) is 0 Å². The molecule has 0 saturated heterocycles. The molecule has 155 valence electrons. The molecule has 0 rings (SSSR count). The summed E-state index contributed by atoms with van der Waals surface area (Å²) in [6, 6.07) is 0. The first kappa shape index (κ1) is 39.1. The van der Waals surface area contributed by atoms with Crippen molar-refractivity contribution in [3.8, 4) is 0 Å². The molecule has 0 unspecified atom stereocenters. The van der Waals surface area contributed by atoms with Gasteiger partial charge in [0, 0.05) is 22.4 Å². The molecule has 0 aromatic heterocycles. The van der Waals surface area contributed by atoms with Crippen LogP contribution in [0.2, 0.25) is 0 Å². The van der Waals surface area contributed by atoms with Gasteiger partial charge in [0.15, 0.2) is 0 Å². The molecule has 10 N–H and O–H groups in total. The van der Waals surface area contributed by atoms with E-state index in [1.807, 2.05) is 0 Å². The minimum absolute atomic E-state index is 0. The van der Waals surface area contributed by atoms with Gasteiger partial charge in [-0.05, 0) is 0 Å². The van der Waals surface area contributed by atoms with E-state index >= 15 is 0 Å². The summed E-state index contributed by atoms with van der Waals surface area (Å²) in [7, 11) is 0. The van der Waals surface area contributed by atoms with Crippen molar-refractivity contribution in [2.45, 2.75) is 0 Å². The van der Waals surface area contributed by atoms with Crippen LogP contribution in [0.5, 0.6) is 0 Å². The summed E-state index contributed by atoms with van der Waals surface area (Å²) in [5.74, 6) is -5.95. The molecule has 0 aromatic rings. The van der Waals surface area contributed by atoms with Gasteiger partial charge in [0.1, 0.15) is 33.0 Å². The van der Waals surface area contributed by atoms with E-state index in [0.29, 0.717) is 0 Å². The first-order chi connectivity index (χ1) is 11.4. The Hall–Kier alpha value is -2.11. The van der Waals surface area contributed by atoms with Gasteiger partial charge < -0.3 is 51.1 Å². The van der Waals surface area contributed by atoms with Crippen molar-refractivity contribution < 1.29 is 97.4 Å². The fourth-order valence-corrected chi connectivity index (χ4v) is 0. The summed E-state index contributed by atoms with van der Waals surface area (Å²) in [6.45, 7) is -3.89. The van der Waals surface area contributed by atoms with E-state index in [1.165, 1.54) is 0 Å². The Labute approximate surface area is 160 Å². The SMILES string of the molecule is O=C(O)CO.O=C(O)CO.O=C(O)CO.O=C(O)CO.O=C(O)CO.[Nb]. The van der Waals surface area contributed by atoms with Crippen molar-refractivity contribution in [3.05, 3.63) is 0 Å². The Kier molecular flexibility index (Phi) is 51.6. The average molecular weight is 473 g/mol. The van der Waals surface area contributed by atoms with Crippen molar-refractivity contribution in [2.75, 3.05) is 33.0 Å². The van der Waals surface area contributed by atoms with Crippen LogP contribution in [0.4, 0.5) is 0 Å². The second-order valence-corrected chi connectivity index (χ2v) is 2.76. The second-order valence-electron chi connectivity index (χ2n) is 2.76. The third-order valence-corrected chi connectivity index (χ3v) is 0.676. The van der Waals surface area contributed by atoms with Gasteiger partial charge in [0.25, 0.3) is 0 Å². The summed E-state index contributed by atoms with van der Waals surface area (Å²) < 4.78 is 0. The van der Waals surface area contributed by atoms with Gasteiger partial charge in [0.2, 0.25) is 0 Å². The second kappa shape index (κ2) is 34.3. The largest absolute Gasteiger partial charge is 0.480 e. The molecule has 0 saturated carbocycles. The maximum absolute atomic E-state index is 9.12. The van der Waals surface area contributed by atoms with Crippen molar-refractivity contribution in [1.29, 1.82) is 0 Å². The van der Waals surface area contributed by atoms with Crippen molar-refractivity contribution in [3.63, 3.8) is 0 Å². The molecule has 0 aliphatic carbocycles. The molecule has 0 aromatic carbocycles. The molecule has 0 aliphatic heterocycles. The maximum atomic E-state index is 9.12. The number of aliphatic hydroxyl groups is 5. The van der Waals surface area contributed by atoms with Crippen molar-refractivity contribution in [1.82, 2.24) is 0 Å². The fourth-order valence-electron chi connectivity index (χ4n) is 0. The van der Waals surface area contributed by atoms with E-state index < -0.39 is 62.9 Å². The maximum Gasteiger partial charge on any atom is 0.329 e. The molecule has 26 heavy (non-hydrogen) atoms. The van der Waals surface area contributed by atoms with Crippen LogP contribution in [0, 0.1) is 0 Å². The number of carboxylic acids is 5. The normalized spacial score (nSPS) is 7.12. The van der Waals surface area contributed by atoms with Gasteiger partial charge in [0.05, 0.1) is 0 Å². The van der Waals surface area contributed by atoms with Crippen LogP contribution in [0.1, 0.15) is 0 Å². The van der Waals surface area contributed by atoms with E-state index in [2.05, 4.69) is 0 Å². The van der Waals surface area contributed by atoms with E-state index in [0.717, 1.165) is 0 Å². The Balaban J connectivity index is -0.0000000476. The number of hydrogen-bond acceptors (Lipinski definition) is 10. The quantitative estimate of drug-likeness (QED) is 0.168. The van der Waals surface area contributed by atoms with Crippen LogP contribution in [0.15, 0.2) is 0 Å². The van der Waals surface area contributed by atoms with Gasteiger partial charge in [-0.25, -0.2) is 24.0 Å². The summed E-state index contributed by atoms with van der Waals surface area (Å²) in [5, 5.41) is 75.1. The van der Waals surface area contributed by atoms with Crippen LogP contribution in [0.25, 0.3) is 0 Å². The van der Waals surface area contributed by atoms with Crippen LogP contribution in [-0.2, 0) is 46.4 Å². The molecular formula is C10H20NbO15. The molecule has 0 fully saturated rings. The van der Waals surface area contributed by atoms with Gasteiger partial charge in [-0.15, -0.1) is 0 Å². The van der Waals surface area contributed by atoms with Crippen LogP contribution in [0.3, 0.4) is 0 Å². The van der Waals surface area contributed by atoms with Gasteiger partial charge in [-0.3, -0.25) is 0 Å². The average Bonchev–Trinajstić information content (AvgIpc) is 2.56. The number of hydrogen-bond donors (Lipinski definition) is 10. The van der Waals surface area contributed by atoms with E-state index in [9.17, 15) is 0 Å². The molecule has 0 aliphatic rings. The first-order valence-electron chi connectivity index (χ1n) is 5.49. The molecule has 1 radical (unpaired) electrons. The summed E-state index contributed by atoms with van der Waals surface area (Å²) in [4.78, 5) is 45.6. The van der Waals surface area contributed by atoms with Gasteiger partial charge in [-0.2, -0.15) is 0 Å². The summed E-state index contributed by atoms with van der Waals surface area (Å²) in [5.41, 5.74) is 0. The predicted octanol–water partition coefficient (Wildman–Crippen LogP) is -4.69. The molecule has 0 bridgehead atoms. The van der Waals surface area contributed by atoms with E-state index in [1.54, 1.807) is 0 Å². The zero-order valence-electron chi connectivity index (χ0n) is 13.0. The molecule has 15 nitrogen and oxygen atoms in total. The Morgan fingerprint density at radius 2 is 0.423 bits per heavy atom. The van der Waals surface area contributed by atoms with E-state index in [-0.39, 0.29) is 22.4 Å². The standard InChI is InChI=1S/5C2H4O3.Nb/c5*3-1-2(4)5;/h5*3H,1H2,(H,4,5);. The third-order valence-electron chi connectivity index (χ3n) is 0.676. The van der Waals surface area contributed by atoms with E-state index in [4.69, 9.17) is 75.0 Å². The predicted molar refractivity (Wildman–Crippen MR) is 73.6 cm³/mol. The molecule has 0 amide bonds. The zero-order valence-corrected chi connectivity index (χ0v) is 15.2. The number of aliphatic hydroxyl groups excluding tert-OH is 5. The molecule has 0 heterocycles. The van der Waals surface area contributed by atoms with Gasteiger partial charge >= 0.3 is 29.8 Å². The number of carboxylic acid groups (broad SMARTS) is 5. The Bertz CT molecular complexity index is 288. The monoisotopic (exact) mass is 473 g/mol. The topological polar surface area (TPSA) is 288 Å². The number of carbonyl (C=O) groups is 5. The van der Waals surface area contributed by atoms with Crippen LogP contribution >= 0.6 is 0 Å². The first-order valence-corrected chi connectivity index (χ1v) is 5.49. The van der Waals surface area contributed by atoms with Crippen molar-refractivity contribution >= 4 is 29.8 Å². The molecule has 0 atom stereocenters. The molecule has 0 spiro atoms. The molecule has 16 heteroatoms.